The summed E-state index contributed by atoms with van der Waals surface area (Å²) >= 11 is 0. The SMILES string of the molecule is COc1cccc(C(=O)CCOCCC(C)C)c1. The van der Waals surface area contributed by atoms with Crippen molar-refractivity contribution >= 4 is 5.78 Å². The van der Waals surface area contributed by atoms with Crippen LogP contribution in [0.2, 0.25) is 0 Å². The first kappa shape index (κ1) is 14.7. The summed E-state index contributed by atoms with van der Waals surface area (Å²) in [5, 5.41) is 0. The molecule has 0 amide bonds. The van der Waals surface area contributed by atoms with Crippen molar-refractivity contribution in [3.05, 3.63) is 29.8 Å². The molecule has 1 aromatic carbocycles. The quantitative estimate of drug-likeness (QED) is 0.524. The van der Waals surface area contributed by atoms with Crippen LogP contribution in [0.3, 0.4) is 0 Å². The van der Waals surface area contributed by atoms with Gasteiger partial charge in [0.25, 0.3) is 0 Å². The van der Waals surface area contributed by atoms with E-state index in [-0.39, 0.29) is 5.78 Å². The van der Waals surface area contributed by atoms with Gasteiger partial charge in [0.2, 0.25) is 0 Å². The molecule has 0 unspecified atom stereocenters. The second-order valence-corrected chi connectivity index (χ2v) is 4.70. The topological polar surface area (TPSA) is 35.5 Å². The van der Waals surface area contributed by atoms with Crippen LogP contribution in [-0.2, 0) is 4.74 Å². The third-order valence-electron chi connectivity index (χ3n) is 2.70. The van der Waals surface area contributed by atoms with Gasteiger partial charge >= 0.3 is 0 Å². The summed E-state index contributed by atoms with van der Waals surface area (Å²) < 4.78 is 10.5. The number of ether oxygens (including phenoxy) is 2. The van der Waals surface area contributed by atoms with Crippen molar-refractivity contribution in [2.75, 3.05) is 20.3 Å². The minimum Gasteiger partial charge on any atom is -0.497 e. The number of ketones is 1. The smallest absolute Gasteiger partial charge is 0.165 e. The van der Waals surface area contributed by atoms with Gasteiger partial charge in [0.1, 0.15) is 5.75 Å². The zero-order chi connectivity index (χ0) is 13.4. The molecule has 0 radical (unpaired) electrons. The molecule has 0 aliphatic carbocycles. The molecule has 3 heteroatoms. The van der Waals surface area contributed by atoms with Crippen molar-refractivity contribution in [2.45, 2.75) is 26.7 Å². The lowest BCUT2D eigenvalue weighted by molar-refractivity contribution is 0.0860. The van der Waals surface area contributed by atoms with E-state index < -0.39 is 0 Å². The fraction of sp³-hybridized carbons (Fsp3) is 0.533. The number of carbonyl (C=O) groups excluding carboxylic acids is 1. The largest absolute Gasteiger partial charge is 0.497 e. The van der Waals surface area contributed by atoms with Gasteiger partial charge in [-0.2, -0.15) is 0 Å². The summed E-state index contributed by atoms with van der Waals surface area (Å²) in [5.41, 5.74) is 0.682. The molecule has 0 aliphatic rings. The Hall–Kier alpha value is -1.35. The number of Topliss-reactive ketones (excluding diaryl/α,β-unsaturated/α-hetero) is 1. The third kappa shape index (κ3) is 5.32. The highest BCUT2D eigenvalue weighted by Gasteiger charge is 2.06. The zero-order valence-electron chi connectivity index (χ0n) is 11.4. The molecule has 0 aromatic heterocycles. The molecule has 1 rings (SSSR count). The number of carbonyl (C=O) groups is 1. The van der Waals surface area contributed by atoms with E-state index in [1.165, 1.54) is 0 Å². The molecule has 18 heavy (non-hydrogen) atoms. The van der Waals surface area contributed by atoms with Gasteiger partial charge in [-0.25, -0.2) is 0 Å². The molecule has 3 nitrogen and oxygen atoms in total. The van der Waals surface area contributed by atoms with Crippen LogP contribution in [0.15, 0.2) is 24.3 Å². The van der Waals surface area contributed by atoms with Crippen molar-refractivity contribution in [3.63, 3.8) is 0 Å². The van der Waals surface area contributed by atoms with Gasteiger partial charge in [-0.1, -0.05) is 26.0 Å². The molecule has 0 atom stereocenters. The van der Waals surface area contributed by atoms with Crippen LogP contribution in [0.4, 0.5) is 0 Å². The monoisotopic (exact) mass is 250 g/mol. The van der Waals surface area contributed by atoms with Crippen LogP contribution in [-0.4, -0.2) is 26.1 Å². The van der Waals surface area contributed by atoms with E-state index in [0.717, 1.165) is 13.0 Å². The van der Waals surface area contributed by atoms with Crippen molar-refractivity contribution in [1.29, 1.82) is 0 Å². The van der Waals surface area contributed by atoms with Gasteiger partial charge in [-0.3, -0.25) is 4.79 Å². The highest BCUT2D eigenvalue weighted by Crippen LogP contribution is 2.14. The molecule has 0 spiro atoms. The van der Waals surface area contributed by atoms with Gasteiger partial charge in [0.05, 0.1) is 13.7 Å². The Kier molecular flexibility index (Phi) is 6.44. The Labute approximate surface area is 109 Å². The van der Waals surface area contributed by atoms with Gasteiger partial charge < -0.3 is 9.47 Å². The highest BCUT2D eigenvalue weighted by atomic mass is 16.5. The van der Waals surface area contributed by atoms with Gasteiger partial charge in [-0.05, 0) is 24.5 Å². The van der Waals surface area contributed by atoms with E-state index in [2.05, 4.69) is 13.8 Å². The van der Waals surface area contributed by atoms with Gasteiger partial charge in [0.15, 0.2) is 5.78 Å². The summed E-state index contributed by atoms with van der Waals surface area (Å²) in [5.74, 6) is 1.44. The van der Waals surface area contributed by atoms with Crippen molar-refractivity contribution in [2.24, 2.45) is 5.92 Å². The Morgan fingerprint density at radius 1 is 1.28 bits per heavy atom. The molecule has 0 heterocycles. The molecule has 0 bridgehead atoms. The zero-order valence-corrected chi connectivity index (χ0v) is 11.4. The molecular formula is C15H22O3. The Morgan fingerprint density at radius 3 is 2.72 bits per heavy atom. The third-order valence-corrected chi connectivity index (χ3v) is 2.70. The Morgan fingerprint density at radius 2 is 2.06 bits per heavy atom. The molecular weight excluding hydrogens is 228 g/mol. The Balaban J connectivity index is 2.31. The van der Waals surface area contributed by atoms with E-state index >= 15 is 0 Å². The van der Waals surface area contributed by atoms with Crippen LogP contribution in [0, 0.1) is 5.92 Å². The number of benzene rings is 1. The van der Waals surface area contributed by atoms with E-state index in [4.69, 9.17) is 9.47 Å². The van der Waals surface area contributed by atoms with E-state index in [0.29, 0.717) is 30.3 Å². The maximum atomic E-state index is 11.9. The predicted molar refractivity (Wildman–Crippen MR) is 72.2 cm³/mol. The number of rotatable bonds is 8. The molecule has 0 saturated carbocycles. The van der Waals surface area contributed by atoms with Crippen molar-refractivity contribution in [3.8, 4) is 5.75 Å². The van der Waals surface area contributed by atoms with Crippen LogP contribution < -0.4 is 4.74 Å². The fourth-order valence-corrected chi connectivity index (χ4v) is 1.53. The van der Waals surface area contributed by atoms with Gasteiger partial charge in [-0.15, -0.1) is 0 Å². The highest BCUT2D eigenvalue weighted by molar-refractivity contribution is 5.96. The predicted octanol–water partition coefficient (Wildman–Crippen LogP) is 3.33. The standard InChI is InChI=1S/C15H22O3/c1-12(2)7-9-18-10-8-15(16)13-5-4-6-14(11-13)17-3/h4-6,11-12H,7-10H2,1-3H3. The first-order chi connectivity index (χ1) is 8.63. The van der Waals surface area contributed by atoms with Crippen LogP contribution in [0.5, 0.6) is 5.75 Å². The first-order valence-electron chi connectivity index (χ1n) is 6.38. The summed E-state index contributed by atoms with van der Waals surface area (Å²) in [6, 6.07) is 7.22. The van der Waals surface area contributed by atoms with Crippen LogP contribution in [0.25, 0.3) is 0 Å². The summed E-state index contributed by atoms with van der Waals surface area (Å²) in [4.78, 5) is 11.9. The normalized spacial score (nSPS) is 10.7. The average molecular weight is 250 g/mol. The lowest BCUT2D eigenvalue weighted by atomic mass is 10.1. The average Bonchev–Trinajstić information content (AvgIpc) is 2.37. The van der Waals surface area contributed by atoms with E-state index in [1.54, 1.807) is 19.2 Å². The van der Waals surface area contributed by atoms with Gasteiger partial charge in [0, 0.05) is 18.6 Å². The number of hydrogen-bond donors (Lipinski definition) is 0. The first-order valence-corrected chi connectivity index (χ1v) is 6.38. The Bertz CT molecular complexity index is 372. The lowest BCUT2D eigenvalue weighted by Gasteiger charge is -2.06. The van der Waals surface area contributed by atoms with Crippen LogP contribution in [0.1, 0.15) is 37.0 Å². The second-order valence-electron chi connectivity index (χ2n) is 4.70. The number of methoxy groups -OCH3 is 1. The maximum Gasteiger partial charge on any atom is 0.165 e. The molecule has 0 N–H and O–H groups in total. The fourth-order valence-electron chi connectivity index (χ4n) is 1.53. The van der Waals surface area contributed by atoms with Crippen molar-refractivity contribution in [1.82, 2.24) is 0 Å². The maximum absolute atomic E-state index is 11.9. The molecule has 100 valence electrons. The lowest BCUT2D eigenvalue weighted by Crippen LogP contribution is -2.06. The van der Waals surface area contributed by atoms with Crippen LogP contribution >= 0.6 is 0 Å². The molecule has 0 saturated heterocycles. The molecule has 0 aliphatic heterocycles. The van der Waals surface area contributed by atoms with E-state index in [9.17, 15) is 4.79 Å². The summed E-state index contributed by atoms with van der Waals surface area (Å²) in [7, 11) is 1.60. The molecule has 0 fully saturated rings. The minimum atomic E-state index is 0.0958. The second kappa shape index (κ2) is 7.88. The summed E-state index contributed by atoms with van der Waals surface area (Å²) in [6.45, 7) is 5.53. The summed E-state index contributed by atoms with van der Waals surface area (Å²) in [6.07, 6.45) is 1.46. The van der Waals surface area contributed by atoms with E-state index in [1.807, 2.05) is 12.1 Å². The molecule has 1 aromatic rings. The number of hydrogen-bond acceptors (Lipinski definition) is 3. The van der Waals surface area contributed by atoms with Crippen molar-refractivity contribution < 1.29 is 14.3 Å². The minimum absolute atomic E-state index is 0.0958.